The van der Waals surface area contributed by atoms with Crippen molar-refractivity contribution in [3.05, 3.63) is 24.2 Å². The number of nitrogens with zero attached hydrogens (tertiary/aromatic N) is 1. The molecule has 1 aromatic rings. The topological polar surface area (TPSA) is 36.6 Å². The Morgan fingerprint density at radius 3 is 3.21 bits per heavy atom. The first-order chi connectivity index (χ1) is 6.79. The van der Waals surface area contributed by atoms with E-state index >= 15 is 0 Å². The van der Waals surface area contributed by atoms with Crippen LogP contribution in [0.1, 0.15) is 18.6 Å². The van der Waals surface area contributed by atoms with Gasteiger partial charge in [0.2, 0.25) is 0 Å². The van der Waals surface area contributed by atoms with E-state index in [1.54, 1.807) is 6.26 Å². The minimum atomic E-state index is -0.698. The van der Waals surface area contributed by atoms with E-state index in [9.17, 15) is 5.11 Å². The van der Waals surface area contributed by atoms with E-state index in [1.807, 2.05) is 12.1 Å². The summed E-state index contributed by atoms with van der Waals surface area (Å²) in [4.78, 5) is 2.42. The van der Waals surface area contributed by atoms with Gasteiger partial charge < -0.3 is 14.4 Å². The molecule has 0 spiro atoms. The van der Waals surface area contributed by atoms with Crippen LogP contribution in [0.4, 0.5) is 0 Å². The van der Waals surface area contributed by atoms with E-state index in [0.717, 1.165) is 38.2 Å². The number of hydrogen-bond acceptors (Lipinski definition) is 3. The van der Waals surface area contributed by atoms with Crippen molar-refractivity contribution in [3.63, 3.8) is 0 Å². The van der Waals surface area contributed by atoms with Crippen LogP contribution < -0.4 is 0 Å². The third kappa shape index (κ3) is 1.06. The van der Waals surface area contributed by atoms with Gasteiger partial charge in [0, 0.05) is 19.0 Å². The summed E-state index contributed by atoms with van der Waals surface area (Å²) in [7, 11) is 0. The molecule has 0 amide bonds. The van der Waals surface area contributed by atoms with Gasteiger partial charge in [0.05, 0.1) is 6.26 Å². The normalized spacial score (nSPS) is 41.5. The van der Waals surface area contributed by atoms with E-state index in [4.69, 9.17) is 4.42 Å². The molecule has 1 N–H and O–H groups in total. The fraction of sp³-hybridized carbons (Fsp3) is 0.636. The van der Waals surface area contributed by atoms with Crippen molar-refractivity contribution in [2.45, 2.75) is 18.4 Å². The van der Waals surface area contributed by atoms with Crippen molar-refractivity contribution in [3.8, 4) is 0 Å². The molecule has 3 rings (SSSR count). The van der Waals surface area contributed by atoms with Gasteiger partial charge in [-0.15, -0.1) is 0 Å². The quantitative estimate of drug-likeness (QED) is 0.728. The number of furan rings is 1. The largest absolute Gasteiger partial charge is 0.466 e. The number of aliphatic hydroxyl groups is 1. The number of piperidine rings is 1. The summed E-state index contributed by atoms with van der Waals surface area (Å²) in [5.74, 6) is 1.12. The fourth-order valence-corrected chi connectivity index (χ4v) is 2.81. The molecule has 0 radical (unpaired) electrons. The summed E-state index contributed by atoms with van der Waals surface area (Å²) in [6.07, 6.45) is 3.55. The molecule has 3 nitrogen and oxygen atoms in total. The van der Waals surface area contributed by atoms with Crippen LogP contribution in [0.25, 0.3) is 0 Å². The Kier molecular flexibility index (Phi) is 1.73. The predicted octanol–water partition coefficient (Wildman–Crippen LogP) is 1.19. The maximum Gasteiger partial charge on any atom is 0.135 e. The third-order valence-corrected chi connectivity index (χ3v) is 3.70. The molecule has 2 saturated heterocycles. The van der Waals surface area contributed by atoms with Crippen LogP contribution in [0.5, 0.6) is 0 Å². The molecule has 14 heavy (non-hydrogen) atoms. The Balaban J connectivity index is 1.95. The SMILES string of the molecule is OC1(c2ccco2)CCN2CCC1C2. The number of fused-ring (bicyclic) bond motifs is 2. The smallest absolute Gasteiger partial charge is 0.135 e. The summed E-state index contributed by atoms with van der Waals surface area (Å²) in [6.45, 7) is 3.15. The van der Waals surface area contributed by atoms with Gasteiger partial charge >= 0.3 is 0 Å². The van der Waals surface area contributed by atoms with E-state index in [1.165, 1.54) is 0 Å². The molecule has 3 atom stereocenters. The van der Waals surface area contributed by atoms with E-state index in [0.29, 0.717) is 5.92 Å². The van der Waals surface area contributed by atoms with Crippen LogP contribution in [0.3, 0.4) is 0 Å². The van der Waals surface area contributed by atoms with Gasteiger partial charge in [-0.3, -0.25) is 0 Å². The molecule has 2 aliphatic rings. The van der Waals surface area contributed by atoms with Crippen LogP contribution in [0, 0.1) is 5.92 Å². The van der Waals surface area contributed by atoms with Crippen molar-refractivity contribution in [1.82, 2.24) is 4.90 Å². The lowest BCUT2D eigenvalue weighted by Crippen LogP contribution is -2.43. The zero-order valence-electron chi connectivity index (χ0n) is 8.15. The van der Waals surface area contributed by atoms with Crippen LogP contribution in [-0.2, 0) is 5.60 Å². The summed E-state index contributed by atoms with van der Waals surface area (Å²) < 4.78 is 5.36. The molecule has 0 aromatic carbocycles. The molecule has 2 bridgehead atoms. The molecule has 0 aliphatic carbocycles. The zero-order chi connectivity index (χ0) is 9.60. The van der Waals surface area contributed by atoms with Gasteiger partial charge in [0.25, 0.3) is 0 Å². The molecule has 3 heteroatoms. The first-order valence-electron chi connectivity index (χ1n) is 5.28. The second-order valence-corrected chi connectivity index (χ2v) is 4.44. The average molecular weight is 193 g/mol. The standard InChI is InChI=1S/C11H15NO2/c13-11(10-2-1-7-14-10)4-6-12-5-3-9(11)8-12/h1-2,7,9,13H,3-6,8H2. The number of rotatable bonds is 1. The maximum atomic E-state index is 10.6. The fourth-order valence-electron chi connectivity index (χ4n) is 2.81. The summed E-state index contributed by atoms with van der Waals surface area (Å²) in [6, 6.07) is 3.75. The minimum Gasteiger partial charge on any atom is -0.466 e. The molecule has 2 aliphatic heterocycles. The van der Waals surface area contributed by atoms with E-state index in [-0.39, 0.29) is 0 Å². The highest BCUT2D eigenvalue weighted by atomic mass is 16.4. The van der Waals surface area contributed by atoms with Gasteiger partial charge in [-0.2, -0.15) is 0 Å². The number of hydrogen-bond donors (Lipinski definition) is 1. The highest BCUT2D eigenvalue weighted by Crippen LogP contribution is 2.42. The van der Waals surface area contributed by atoms with Gasteiger partial charge in [-0.1, -0.05) is 0 Å². The molecular weight excluding hydrogens is 178 g/mol. The van der Waals surface area contributed by atoms with Gasteiger partial charge in [0.15, 0.2) is 0 Å². The maximum absolute atomic E-state index is 10.6. The first kappa shape index (κ1) is 8.50. The van der Waals surface area contributed by atoms with E-state index < -0.39 is 5.60 Å². The molecule has 3 unspecified atom stereocenters. The lowest BCUT2D eigenvalue weighted by atomic mass is 9.80. The monoisotopic (exact) mass is 193 g/mol. The second kappa shape index (κ2) is 2.84. The minimum absolute atomic E-state index is 0.363. The Morgan fingerprint density at radius 1 is 1.50 bits per heavy atom. The lowest BCUT2D eigenvalue weighted by Gasteiger charge is -2.37. The van der Waals surface area contributed by atoms with E-state index in [2.05, 4.69) is 4.90 Å². The van der Waals surface area contributed by atoms with Crippen LogP contribution in [-0.4, -0.2) is 29.6 Å². The lowest BCUT2D eigenvalue weighted by molar-refractivity contribution is -0.0662. The zero-order valence-corrected chi connectivity index (χ0v) is 8.15. The average Bonchev–Trinajstić information content (AvgIpc) is 2.84. The third-order valence-electron chi connectivity index (χ3n) is 3.70. The first-order valence-corrected chi connectivity index (χ1v) is 5.28. The molecule has 2 fully saturated rings. The summed E-state index contributed by atoms with van der Waals surface area (Å²) >= 11 is 0. The van der Waals surface area contributed by atoms with Crippen LogP contribution in [0.15, 0.2) is 22.8 Å². The summed E-state index contributed by atoms with van der Waals surface area (Å²) in [5, 5.41) is 10.6. The van der Waals surface area contributed by atoms with Crippen molar-refractivity contribution >= 4 is 0 Å². The highest BCUT2D eigenvalue weighted by Gasteiger charge is 2.47. The van der Waals surface area contributed by atoms with Gasteiger partial charge in [-0.25, -0.2) is 0 Å². The Hall–Kier alpha value is -0.800. The Morgan fingerprint density at radius 2 is 2.43 bits per heavy atom. The van der Waals surface area contributed by atoms with Crippen molar-refractivity contribution in [1.29, 1.82) is 0 Å². The highest BCUT2D eigenvalue weighted by molar-refractivity contribution is 5.14. The molecule has 76 valence electrons. The second-order valence-electron chi connectivity index (χ2n) is 4.44. The molecule has 0 saturated carbocycles. The van der Waals surface area contributed by atoms with Gasteiger partial charge in [-0.05, 0) is 31.5 Å². The van der Waals surface area contributed by atoms with Crippen molar-refractivity contribution in [2.24, 2.45) is 5.92 Å². The van der Waals surface area contributed by atoms with Gasteiger partial charge in [0.1, 0.15) is 11.4 Å². The van der Waals surface area contributed by atoms with Crippen LogP contribution in [0.2, 0.25) is 0 Å². The van der Waals surface area contributed by atoms with Crippen molar-refractivity contribution < 1.29 is 9.52 Å². The molecule has 1 aromatic heterocycles. The summed E-state index contributed by atoms with van der Waals surface area (Å²) in [5.41, 5.74) is -0.698. The molecule has 3 heterocycles. The Labute approximate surface area is 83.3 Å². The van der Waals surface area contributed by atoms with Crippen LogP contribution >= 0.6 is 0 Å². The molecular formula is C11H15NO2. The predicted molar refractivity (Wildman–Crippen MR) is 51.8 cm³/mol. The Bertz CT molecular complexity index is 322. The van der Waals surface area contributed by atoms with Crippen molar-refractivity contribution in [2.75, 3.05) is 19.6 Å².